The summed E-state index contributed by atoms with van der Waals surface area (Å²) in [5.74, 6) is -1.23. The molecule has 2 aliphatic carbocycles. The van der Waals surface area contributed by atoms with Crippen molar-refractivity contribution in [2.45, 2.75) is 83.5 Å². The van der Waals surface area contributed by atoms with E-state index in [1.807, 2.05) is 0 Å². The Morgan fingerprint density at radius 3 is 1.93 bits per heavy atom. The molecule has 0 nitrogen and oxygen atoms in total. The van der Waals surface area contributed by atoms with Crippen molar-refractivity contribution >= 4 is 0 Å². The minimum atomic E-state index is -1.37. The first-order valence-electron chi connectivity index (χ1n) is 11.5. The number of hydrogen-bond acceptors (Lipinski definition) is 0. The van der Waals surface area contributed by atoms with E-state index >= 15 is 0 Å². The second-order valence-electron chi connectivity index (χ2n) is 9.22. The molecule has 0 bridgehead atoms. The van der Waals surface area contributed by atoms with Gasteiger partial charge in [-0.05, 0) is 112 Å². The van der Waals surface area contributed by atoms with Gasteiger partial charge in [0.2, 0.25) is 0 Å². The van der Waals surface area contributed by atoms with E-state index in [-0.39, 0.29) is 5.92 Å². The number of rotatable bonds is 7. The van der Waals surface area contributed by atoms with Crippen LogP contribution in [0.1, 0.15) is 89.0 Å². The first-order valence-corrected chi connectivity index (χ1v) is 11.5. The Balaban J connectivity index is 1.41. The molecule has 29 heavy (non-hydrogen) atoms. The SMILES string of the molecule is C=C(CC)CCC1CCC(C=CC2CCC(c3cc(F)c(F)c(F)c3)CC2)CC1. The molecule has 0 N–H and O–H groups in total. The van der Waals surface area contributed by atoms with Crippen molar-refractivity contribution in [1.29, 1.82) is 0 Å². The predicted molar refractivity (Wildman–Crippen MR) is 114 cm³/mol. The first-order chi connectivity index (χ1) is 14.0. The fourth-order valence-corrected chi connectivity index (χ4v) is 5.02. The molecule has 0 aliphatic heterocycles. The number of benzene rings is 1. The van der Waals surface area contributed by atoms with Gasteiger partial charge in [-0.2, -0.15) is 0 Å². The summed E-state index contributed by atoms with van der Waals surface area (Å²) in [6.45, 7) is 6.31. The van der Waals surface area contributed by atoms with Gasteiger partial charge >= 0.3 is 0 Å². The van der Waals surface area contributed by atoms with Gasteiger partial charge in [-0.1, -0.05) is 31.2 Å². The lowest BCUT2D eigenvalue weighted by Crippen LogP contribution is -2.15. The van der Waals surface area contributed by atoms with E-state index in [1.165, 1.54) is 56.2 Å². The third kappa shape index (κ3) is 6.23. The van der Waals surface area contributed by atoms with E-state index in [2.05, 4.69) is 25.7 Å². The molecule has 1 aromatic rings. The second kappa shape index (κ2) is 10.5. The Labute approximate surface area is 174 Å². The molecule has 3 rings (SSSR count). The monoisotopic (exact) mass is 404 g/mol. The Morgan fingerprint density at radius 2 is 1.41 bits per heavy atom. The second-order valence-corrected chi connectivity index (χ2v) is 9.22. The summed E-state index contributed by atoms with van der Waals surface area (Å²) in [5.41, 5.74) is 1.99. The lowest BCUT2D eigenvalue weighted by atomic mass is 9.76. The molecule has 2 fully saturated rings. The largest absolute Gasteiger partial charge is 0.204 e. The topological polar surface area (TPSA) is 0 Å². The van der Waals surface area contributed by atoms with Crippen molar-refractivity contribution < 1.29 is 13.2 Å². The highest BCUT2D eigenvalue weighted by atomic mass is 19.2. The molecule has 0 saturated heterocycles. The van der Waals surface area contributed by atoms with Crippen LogP contribution in [0.15, 0.2) is 36.4 Å². The molecule has 0 radical (unpaired) electrons. The Morgan fingerprint density at radius 1 is 0.897 bits per heavy atom. The molecule has 0 unspecified atom stereocenters. The van der Waals surface area contributed by atoms with Gasteiger partial charge in [0.25, 0.3) is 0 Å². The van der Waals surface area contributed by atoms with E-state index < -0.39 is 17.5 Å². The summed E-state index contributed by atoms with van der Waals surface area (Å²) in [6.07, 6.45) is 17.6. The highest BCUT2D eigenvalue weighted by Crippen LogP contribution is 2.38. The van der Waals surface area contributed by atoms with Gasteiger partial charge in [-0.25, -0.2) is 13.2 Å². The molecule has 160 valence electrons. The lowest BCUT2D eigenvalue weighted by molar-refractivity contribution is 0.294. The van der Waals surface area contributed by atoms with Crippen LogP contribution < -0.4 is 0 Å². The van der Waals surface area contributed by atoms with Gasteiger partial charge in [0, 0.05) is 0 Å². The summed E-state index contributed by atoms with van der Waals surface area (Å²) in [6, 6.07) is 2.35. The Kier molecular flexibility index (Phi) is 8.03. The summed E-state index contributed by atoms with van der Waals surface area (Å²) in [5, 5.41) is 0. The Bertz CT molecular complexity index is 682. The average molecular weight is 405 g/mol. The minimum absolute atomic E-state index is 0.137. The molecule has 0 spiro atoms. The quantitative estimate of drug-likeness (QED) is 0.316. The van der Waals surface area contributed by atoms with Crippen molar-refractivity contribution in [3.05, 3.63) is 59.5 Å². The van der Waals surface area contributed by atoms with Crippen LogP contribution in [-0.4, -0.2) is 0 Å². The van der Waals surface area contributed by atoms with Crippen LogP contribution in [0.4, 0.5) is 13.2 Å². The average Bonchev–Trinajstić information content (AvgIpc) is 2.75. The summed E-state index contributed by atoms with van der Waals surface area (Å²) in [4.78, 5) is 0. The van der Waals surface area contributed by atoms with Gasteiger partial charge in [0.05, 0.1) is 0 Å². The van der Waals surface area contributed by atoms with Crippen molar-refractivity contribution in [3.63, 3.8) is 0 Å². The molecule has 0 aromatic heterocycles. The van der Waals surface area contributed by atoms with Gasteiger partial charge in [0.15, 0.2) is 17.5 Å². The van der Waals surface area contributed by atoms with E-state index in [1.54, 1.807) is 0 Å². The van der Waals surface area contributed by atoms with Crippen molar-refractivity contribution in [1.82, 2.24) is 0 Å². The van der Waals surface area contributed by atoms with Crippen LogP contribution in [0.25, 0.3) is 0 Å². The molecule has 3 heteroatoms. The van der Waals surface area contributed by atoms with E-state index in [0.717, 1.165) is 38.0 Å². The normalized spacial score (nSPS) is 28.0. The van der Waals surface area contributed by atoms with E-state index in [4.69, 9.17) is 0 Å². The first kappa shape index (κ1) is 22.2. The highest BCUT2D eigenvalue weighted by molar-refractivity contribution is 5.23. The van der Waals surface area contributed by atoms with Crippen LogP contribution >= 0.6 is 0 Å². The molecule has 0 heterocycles. The Hall–Kier alpha value is -1.51. The fourth-order valence-electron chi connectivity index (χ4n) is 5.02. The number of halogens is 3. The maximum atomic E-state index is 13.5. The standard InChI is InChI=1S/C26H35F3/c1-3-18(2)4-5-19-6-8-20(9-7-19)10-11-21-12-14-22(15-13-21)23-16-24(27)26(29)25(28)17-23/h10-11,16-17,19-22H,2-9,12-15H2,1H3. The van der Waals surface area contributed by atoms with Gasteiger partial charge in [-0.3, -0.25) is 0 Å². The van der Waals surface area contributed by atoms with Gasteiger partial charge in [0.1, 0.15) is 0 Å². The van der Waals surface area contributed by atoms with Gasteiger partial charge in [-0.15, -0.1) is 0 Å². The molecule has 1 aromatic carbocycles. The zero-order valence-electron chi connectivity index (χ0n) is 17.7. The van der Waals surface area contributed by atoms with Crippen LogP contribution in [0.5, 0.6) is 0 Å². The third-order valence-electron chi connectivity index (χ3n) is 7.20. The molecule has 0 amide bonds. The minimum Gasteiger partial charge on any atom is -0.204 e. The third-order valence-corrected chi connectivity index (χ3v) is 7.20. The van der Waals surface area contributed by atoms with Crippen molar-refractivity contribution in [2.24, 2.45) is 17.8 Å². The molecular weight excluding hydrogens is 369 g/mol. The summed E-state index contributed by atoms with van der Waals surface area (Å²) < 4.78 is 40.2. The van der Waals surface area contributed by atoms with E-state index in [9.17, 15) is 13.2 Å². The number of allylic oxidation sites excluding steroid dienone is 3. The summed E-state index contributed by atoms with van der Waals surface area (Å²) in [7, 11) is 0. The lowest BCUT2D eigenvalue weighted by Gasteiger charge is -2.29. The zero-order valence-corrected chi connectivity index (χ0v) is 17.7. The van der Waals surface area contributed by atoms with Crippen LogP contribution in [0.2, 0.25) is 0 Å². The van der Waals surface area contributed by atoms with Crippen LogP contribution in [0, 0.1) is 35.2 Å². The van der Waals surface area contributed by atoms with E-state index in [0.29, 0.717) is 17.4 Å². The molecule has 0 atom stereocenters. The smallest absolute Gasteiger partial charge is 0.194 e. The zero-order chi connectivity index (χ0) is 20.8. The maximum absolute atomic E-state index is 13.5. The summed E-state index contributed by atoms with van der Waals surface area (Å²) >= 11 is 0. The molecular formula is C26H35F3. The van der Waals surface area contributed by atoms with Gasteiger partial charge < -0.3 is 0 Å². The van der Waals surface area contributed by atoms with Crippen LogP contribution in [0.3, 0.4) is 0 Å². The highest BCUT2D eigenvalue weighted by Gasteiger charge is 2.24. The van der Waals surface area contributed by atoms with Crippen molar-refractivity contribution in [3.8, 4) is 0 Å². The molecule has 2 aliphatic rings. The predicted octanol–water partition coefficient (Wildman–Crippen LogP) is 8.49. The maximum Gasteiger partial charge on any atom is 0.194 e. The fraction of sp³-hybridized carbons (Fsp3) is 0.615. The number of hydrogen-bond donors (Lipinski definition) is 0. The molecule has 2 saturated carbocycles. The van der Waals surface area contributed by atoms with Crippen molar-refractivity contribution in [2.75, 3.05) is 0 Å². The van der Waals surface area contributed by atoms with Crippen LogP contribution in [-0.2, 0) is 0 Å².